The zero-order chi connectivity index (χ0) is 19.2. The Morgan fingerprint density at radius 2 is 1.96 bits per heavy atom. The van der Waals surface area contributed by atoms with Gasteiger partial charge >= 0.3 is 0 Å². The van der Waals surface area contributed by atoms with Gasteiger partial charge in [-0.1, -0.05) is 12.1 Å². The smallest absolute Gasteiger partial charge is 0.222 e. The summed E-state index contributed by atoms with van der Waals surface area (Å²) in [6.07, 6.45) is 3.29. The lowest BCUT2D eigenvalue weighted by molar-refractivity contribution is -0.132. The van der Waals surface area contributed by atoms with Crippen molar-refractivity contribution < 1.29 is 13.2 Å². The second kappa shape index (κ2) is 10.8. The van der Waals surface area contributed by atoms with Crippen LogP contribution in [0, 0.1) is 0 Å². The van der Waals surface area contributed by atoms with Crippen LogP contribution in [0.25, 0.3) is 0 Å². The van der Waals surface area contributed by atoms with E-state index in [1.54, 1.807) is 17.0 Å². The molecule has 0 bridgehead atoms. The highest BCUT2D eigenvalue weighted by Gasteiger charge is 2.23. The number of hydrogen-bond donors (Lipinski definition) is 2. The number of likely N-dealkylation sites (N-methyl/N-ethyl adjacent to an activating group) is 1. The second-order valence-electron chi connectivity index (χ2n) is 6.58. The number of rotatable bonds is 6. The summed E-state index contributed by atoms with van der Waals surface area (Å²) in [7, 11) is -1.34. The summed E-state index contributed by atoms with van der Waals surface area (Å²) < 4.78 is 23.0. The number of aliphatic imine (C=N–C) groups is 1. The van der Waals surface area contributed by atoms with Crippen LogP contribution in [0.15, 0.2) is 34.2 Å². The number of nitrogens with one attached hydrogen (secondary N) is 2. The van der Waals surface area contributed by atoms with Crippen LogP contribution in [0.4, 0.5) is 0 Å². The first-order valence-corrected chi connectivity index (χ1v) is 10.8. The fraction of sp³-hybridized carbons (Fsp3) is 0.556. The second-order valence-corrected chi connectivity index (χ2v) is 8.60. The normalized spacial score (nSPS) is 18.0. The van der Waals surface area contributed by atoms with Gasteiger partial charge in [0.05, 0.1) is 4.90 Å². The van der Waals surface area contributed by atoms with Crippen molar-refractivity contribution in [1.82, 2.24) is 15.5 Å². The molecule has 1 amide bonds. The summed E-state index contributed by atoms with van der Waals surface area (Å²) >= 11 is 0. The van der Waals surface area contributed by atoms with E-state index in [4.69, 9.17) is 0 Å². The van der Waals surface area contributed by atoms with Crippen molar-refractivity contribution in [3.8, 4) is 0 Å². The Bertz CT molecular complexity index is 750. The molecule has 0 aliphatic carbocycles. The van der Waals surface area contributed by atoms with E-state index in [1.165, 1.54) is 6.26 Å². The molecule has 0 radical (unpaired) electrons. The third-order valence-electron chi connectivity index (χ3n) is 4.33. The minimum absolute atomic E-state index is 0. The summed E-state index contributed by atoms with van der Waals surface area (Å²) in [6.45, 7) is 4.04. The number of halogens is 1. The van der Waals surface area contributed by atoms with Crippen LogP contribution in [0.3, 0.4) is 0 Å². The molecule has 2 N–H and O–H groups in total. The van der Waals surface area contributed by atoms with E-state index in [-0.39, 0.29) is 35.9 Å². The van der Waals surface area contributed by atoms with Gasteiger partial charge in [-0.25, -0.2) is 8.42 Å². The van der Waals surface area contributed by atoms with E-state index in [2.05, 4.69) is 15.6 Å². The number of benzene rings is 1. The molecule has 1 heterocycles. The Labute approximate surface area is 178 Å². The van der Waals surface area contributed by atoms with Crippen molar-refractivity contribution >= 4 is 45.7 Å². The highest BCUT2D eigenvalue weighted by atomic mass is 127. The molecule has 7 nitrogen and oxygen atoms in total. The number of piperidine rings is 1. The Kier molecular flexibility index (Phi) is 9.51. The lowest BCUT2D eigenvalue weighted by Crippen LogP contribution is -2.51. The van der Waals surface area contributed by atoms with Gasteiger partial charge in [-0.3, -0.25) is 9.79 Å². The molecule has 0 saturated carbocycles. The Morgan fingerprint density at radius 1 is 1.30 bits per heavy atom. The average Bonchev–Trinajstić information content (AvgIpc) is 2.58. The number of guanidine groups is 1. The molecular weight excluding hydrogens is 479 g/mol. The maximum atomic E-state index is 11.6. The summed E-state index contributed by atoms with van der Waals surface area (Å²) in [6, 6.07) is 7.12. The van der Waals surface area contributed by atoms with Crippen molar-refractivity contribution in [3.63, 3.8) is 0 Å². The molecule has 9 heteroatoms. The first-order valence-electron chi connectivity index (χ1n) is 8.87. The monoisotopic (exact) mass is 508 g/mol. The van der Waals surface area contributed by atoms with E-state index < -0.39 is 9.84 Å². The number of nitrogens with zero attached hydrogens (tertiary/aromatic N) is 2. The van der Waals surface area contributed by atoms with Crippen LogP contribution in [-0.2, 0) is 21.1 Å². The van der Waals surface area contributed by atoms with Gasteiger partial charge in [0.2, 0.25) is 5.91 Å². The molecule has 0 spiro atoms. The van der Waals surface area contributed by atoms with Crippen molar-refractivity contribution in [3.05, 3.63) is 29.8 Å². The van der Waals surface area contributed by atoms with E-state index in [1.807, 2.05) is 26.1 Å². The molecule has 1 aliphatic rings. The molecule has 27 heavy (non-hydrogen) atoms. The predicted octanol–water partition coefficient (Wildman–Crippen LogP) is 1.43. The Hall–Kier alpha value is -1.36. The van der Waals surface area contributed by atoms with Gasteiger partial charge < -0.3 is 15.5 Å². The van der Waals surface area contributed by atoms with Crippen LogP contribution in [-0.4, -0.2) is 64.2 Å². The van der Waals surface area contributed by atoms with Gasteiger partial charge in [0.25, 0.3) is 0 Å². The summed E-state index contributed by atoms with van der Waals surface area (Å²) in [5, 5.41) is 6.62. The summed E-state index contributed by atoms with van der Waals surface area (Å²) in [4.78, 5) is 18.2. The fourth-order valence-corrected chi connectivity index (χ4v) is 3.47. The van der Waals surface area contributed by atoms with Gasteiger partial charge in [-0.2, -0.15) is 0 Å². The number of carbonyl (C=O) groups excluding carboxylic acids is 1. The maximum Gasteiger partial charge on any atom is 0.222 e. The molecule has 1 aromatic carbocycles. The number of hydrogen-bond acceptors (Lipinski definition) is 4. The van der Waals surface area contributed by atoms with E-state index in [0.717, 1.165) is 30.9 Å². The first kappa shape index (κ1) is 23.7. The standard InChI is InChI=1S/C18H28N4O3S.HI/c1-4-19-18(21-15-7-10-17(23)22(2)13-15)20-12-11-14-5-8-16(9-6-14)26(3,24)25;/h5-6,8-9,15H,4,7,10-13H2,1-3H3,(H2,19,20,21);1H. The quantitative estimate of drug-likeness (QED) is 0.345. The van der Waals surface area contributed by atoms with E-state index >= 15 is 0 Å². The predicted molar refractivity (Wildman–Crippen MR) is 118 cm³/mol. The van der Waals surface area contributed by atoms with Gasteiger partial charge in [-0.05, 0) is 37.5 Å². The number of sulfone groups is 1. The average molecular weight is 508 g/mol. The van der Waals surface area contributed by atoms with E-state index in [0.29, 0.717) is 24.4 Å². The van der Waals surface area contributed by atoms with Crippen LogP contribution in [0.5, 0.6) is 0 Å². The van der Waals surface area contributed by atoms with Crippen molar-refractivity contribution in [2.45, 2.75) is 37.1 Å². The Balaban J connectivity index is 0.00000364. The first-order chi connectivity index (χ1) is 12.3. The SMILES string of the molecule is CCNC(=NCCc1ccc(S(C)(=O)=O)cc1)NC1CCC(=O)N(C)C1.I. The van der Waals surface area contributed by atoms with Crippen LogP contribution >= 0.6 is 24.0 Å². The van der Waals surface area contributed by atoms with Crippen LogP contribution < -0.4 is 10.6 Å². The molecular formula is C18H29IN4O3S. The van der Waals surface area contributed by atoms with Crippen LogP contribution in [0.2, 0.25) is 0 Å². The topological polar surface area (TPSA) is 90.9 Å². The third kappa shape index (κ3) is 7.65. The summed E-state index contributed by atoms with van der Waals surface area (Å²) in [5.74, 6) is 0.926. The highest BCUT2D eigenvalue weighted by molar-refractivity contribution is 14.0. The minimum Gasteiger partial charge on any atom is -0.357 e. The molecule has 2 rings (SSSR count). The van der Waals surface area contributed by atoms with Gasteiger partial charge in [0.1, 0.15) is 0 Å². The maximum absolute atomic E-state index is 11.6. The molecule has 1 unspecified atom stereocenters. The van der Waals surface area contributed by atoms with Gasteiger partial charge in [0, 0.05) is 45.4 Å². The number of likely N-dealkylation sites (tertiary alicyclic amines) is 1. The molecule has 152 valence electrons. The highest BCUT2D eigenvalue weighted by Crippen LogP contribution is 2.11. The molecule has 1 aliphatic heterocycles. The fourth-order valence-electron chi connectivity index (χ4n) is 2.84. The molecule has 1 atom stereocenters. The number of carbonyl (C=O) groups is 1. The molecule has 0 aromatic heterocycles. The lowest BCUT2D eigenvalue weighted by Gasteiger charge is -2.31. The van der Waals surface area contributed by atoms with Crippen LogP contribution in [0.1, 0.15) is 25.3 Å². The van der Waals surface area contributed by atoms with Gasteiger partial charge in [-0.15, -0.1) is 24.0 Å². The Morgan fingerprint density at radius 3 is 2.52 bits per heavy atom. The van der Waals surface area contributed by atoms with Crippen molar-refractivity contribution in [2.75, 3.05) is 32.9 Å². The zero-order valence-electron chi connectivity index (χ0n) is 16.1. The van der Waals surface area contributed by atoms with Crippen molar-refractivity contribution in [1.29, 1.82) is 0 Å². The van der Waals surface area contributed by atoms with Crippen molar-refractivity contribution in [2.24, 2.45) is 4.99 Å². The summed E-state index contributed by atoms with van der Waals surface area (Å²) in [5.41, 5.74) is 1.04. The molecule has 1 fully saturated rings. The van der Waals surface area contributed by atoms with E-state index in [9.17, 15) is 13.2 Å². The third-order valence-corrected chi connectivity index (χ3v) is 5.46. The molecule has 1 aromatic rings. The minimum atomic E-state index is -3.16. The lowest BCUT2D eigenvalue weighted by atomic mass is 10.1. The molecule has 1 saturated heterocycles. The zero-order valence-corrected chi connectivity index (χ0v) is 19.2. The largest absolute Gasteiger partial charge is 0.357 e. The van der Waals surface area contributed by atoms with Gasteiger partial charge in [0.15, 0.2) is 15.8 Å². The number of amides is 1.